The zero-order valence-electron chi connectivity index (χ0n) is 17.6. The molecule has 0 fully saturated rings. The molecule has 0 aliphatic carbocycles. The van der Waals surface area contributed by atoms with Crippen LogP contribution in [0.15, 0.2) is 42.5 Å². The lowest BCUT2D eigenvalue weighted by molar-refractivity contribution is -0.114. The van der Waals surface area contributed by atoms with Crippen LogP contribution in [0.3, 0.4) is 0 Å². The van der Waals surface area contributed by atoms with Gasteiger partial charge >= 0.3 is 0 Å². The van der Waals surface area contributed by atoms with Crippen LogP contribution in [0, 0.1) is 0 Å². The summed E-state index contributed by atoms with van der Waals surface area (Å²) in [4.78, 5) is 12.5. The Balaban J connectivity index is 2.22. The Morgan fingerprint density at radius 3 is 2.07 bits per heavy atom. The molecule has 0 unspecified atom stereocenters. The Morgan fingerprint density at radius 2 is 1.59 bits per heavy atom. The minimum atomic E-state index is -3.65. The number of methoxy groups -OCH3 is 2. The summed E-state index contributed by atoms with van der Waals surface area (Å²) in [5, 5.41) is 2.70. The fourth-order valence-corrected chi connectivity index (χ4v) is 3.63. The number of ether oxygens (including phenoxy) is 2. The van der Waals surface area contributed by atoms with Gasteiger partial charge in [-0.05, 0) is 35.2 Å². The molecule has 0 aromatic heterocycles. The number of hydrogen-bond acceptors (Lipinski definition) is 5. The van der Waals surface area contributed by atoms with Gasteiger partial charge in [0.25, 0.3) is 0 Å². The maximum atomic E-state index is 12.5. The molecule has 0 atom stereocenters. The molecular formula is C21H28N2O5S. The minimum Gasteiger partial charge on any atom is -0.493 e. The van der Waals surface area contributed by atoms with Crippen LogP contribution in [0.25, 0.3) is 0 Å². The number of nitrogens with zero attached hydrogens (tertiary/aromatic N) is 1. The third kappa shape index (κ3) is 5.87. The smallest absolute Gasteiger partial charge is 0.245 e. The molecule has 0 spiro atoms. The van der Waals surface area contributed by atoms with Gasteiger partial charge in [0.05, 0.1) is 26.2 Å². The molecule has 0 bridgehead atoms. The van der Waals surface area contributed by atoms with Crippen molar-refractivity contribution in [3.05, 3.63) is 48.0 Å². The predicted molar refractivity (Wildman–Crippen MR) is 116 cm³/mol. The summed E-state index contributed by atoms with van der Waals surface area (Å²) in [5.74, 6) is 0.521. The van der Waals surface area contributed by atoms with Gasteiger partial charge in [-0.1, -0.05) is 32.9 Å². The van der Waals surface area contributed by atoms with Crippen molar-refractivity contribution < 1.29 is 22.7 Å². The van der Waals surface area contributed by atoms with Gasteiger partial charge in [0.1, 0.15) is 6.54 Å². The van der Waals surface area contributed by atoms with Gasteiger partial charge in [-0.25, -0.2) is 8.42 Å². The largest absolute Gasteiger partial charge is 0.493 e. The zero-order valence-corrected chi connectivity index (χ0v) is 18.5. The SMILES string of the molecule is COc1ccc(NC(=O)CN(c2ccc(C(C)(C)C)cc2)S(C)(=O)=O)cc1OC. The number of hydrogen-bond donors (Lipinski definition) is 1. The van der Waals surface area contributed by atoms with Gasteiger partial charge in [0, 0.05) is 11.8 Å². The first-order valence-corrected chi connectivity index (χ1v) is 10.9. The first kappa shape index (κ1) is 22.5. The lowest BCUT2D eigenvalue weighted by Crippen LogP contribution is -2.37. The predicted octanol–water partition coefficient (Wildman–Crippen LogP) is 3.41. The fraction of sp³-hybridized carbons (Fsp3) is 0.381. The number of nitrogens with one attached hydrogen (secondary N) is 1. The zero-order chi connectivity index (χ0) is 21.8. The lowest BCUT2D eigenvalue weighted by atomic mass is 9.87. The standard InChI is InChI=1S/C21H28N2O5S/c1-21(2,3)15-7-10-17(11-8-15)23(29(6,25)26)14-20(24)22-16-9-12-18(27-4)19(13-16)28-5/h7-13H,14H2,1-6H3,(H,22,24). The normalized spacial score (nSPS) is 11.7. The lowest BCUT2D eigenvalue weighted by Gasteiger charge is -2.24. The van der Waals surface area contributed by atoms with E-state index in [4.69, 9.17) is 9.47 Å². The quantitative estimate of drug-likeness (QED) is 0.742. The number of carbonyl (C=O) groups excluding carboxylic acids is 1. The van der Waals surface area contributed by atoms with Gasteiger partial charge in [-0.3, -0.25) is 9.10 Å². The van der Waals surface area contributed by atoms with Gasteiger partial charge in [-0.15, -0.1) is 0 Å². The maximum absolute atomic E-state index is 12.5. The molecule has 1 N–H and O–H groups in total. The second-order valence-electron chi connectivity index (χ2n) is 7.68. The first-order chi connectivity index (χ1) is 13.5. The van der Waals surface area contributed by atoms with E-state index in [0.29, 0.717) is 22.9 Å². The fourth-order valence-electron chi connectivity index (χ4n) is 2.77. The Kier molecular flexibility index (Phi) is 6.79. The second-order valence-corrected chi connectivity index (χ2v) is 9.59. The highest BCUT2D eigenvalue weighted by molar-refractivity contribution is 7.92. The van der Waals surface area contributed by atoms with E-state index in [0.717, 1.165) is 16.1 Å². The summed E-state index contributed by atoms with van der Waals surface area (Å²) >= 11 is 0. The van der Waals surface area contributed by atoms with Gasteiger partial charge in [-0.2, -0.15) is 0 Å². The molecule has 2 aromatic rings. The number of anilines is 2. The van der Waals surface area contributed by atoms with Crippen molar-refractivity contribution in [3.8, 4) is 11.5 Å². The van der Waals surface area contributed by atoms with Crippen LogP contribution in [0.2, 0.25) is 0 Å². The van der Waals surface area contributed by atoms with Crippen molar-refractivity contribution in [2.75, 3.05) is 36.6 Å². The summed E-state index contributed by atoms with van der Waals surface area (Å²) < 4.78 is 36.1. The summed E-state index contributed by atoms with van der Waals surface area (Å²) in [6.07, 6.45) is 1.08. The minimum absolute atomic E-state index is 0.0563. The summed E-state index contributed by atoms with van der Waals surface area (Å²) in [5.41, 5.74) is 1.93. The van der Waals surface area contributed by atoms with E-state index < -0.39 is 15.9 Å². The van der Waals surface area contributed by atoms with Crippen LogP contribution in [-0.4, -0.2) is 41.3 Å². The highest BCUT2D eigenvalue weighted by atomic mass is 32.2. The number of amides is 1. The highest BCUT2D eigenvalue weighted by Gasteiger charge is 2.22. The van der Waals surface area contributed by atoms with Crippen LogP contribution < -0.4 is 19.1 Å². The third-order valence-corrected chi connectivity index (χ3v) is 5.52. The van der Waals surface area contributed by atoms with E-state index in [9.17, 15) is 13.2 Å². The molecule has 0 aliphatic rings. The van der Waals surface area contributed by atoms with Crippen LogP contribution in [0.1, 0.15) is 26.3 Å². The van der Waals surface area contributed by atoms with Gasteiger partial charge < -0.3 is 14.8 Å². The van der Waals surface area contributed by atoms with Gasteiger partial charge in [0.15, 0.2) is 11.5 Å². The van der Waals surface area contributed by atoms with Crippen LogP contribution in [0.4, 0.5) is 11.4 Å². The molecule has 1 amide bonds. The molecule has 0 saturated carbocycles. The Morgan fingerprint density at radius 1 is 1.00 bits per heavy atom. The molecule has 0 heterocycles. The molecule has 7 nitrogen and oxygen atoms in total. The molecule has 2 rings (SSSR count). The molecule has 29 heavy (non-hydrogen) atoms. The topological polar surface area (TPSA) is 84.9 Å². The first-order valence-electron chi connectivity index (χ1n) is 9.06. The summed E-state index contributed by atoms with van der Waals surface area (Å²) in [6.45, 7) is 5.88. The second kappa shape index (κ2) is 8.73. The summed E-state index contributed by atoms with van der Waals surface area (Å²) in [7, 11) is -0.634. The number of sulfonamides is 1. The van der Waals surface area contributed by atoms with Crippen molar-refractivity contribution in [1.29, 1.82) is 0 Å². The van der Waals surface area contributed by atoms with E-state index in [1.165, 1.54) is 14.2 Å². The third-order valence-electron chi connectivity index (χ3n) is 4.38. The van der Waals surface area contributed by atoms with Crippen molar-refractivity contribution >= 4 is 27.3 Å². The van der Waals surface area contributed by atoms with E-state index in [2.05, 4.69) is 26.1 Å². The van der Waals surface area contributed by atoms with Crippen LogP contribution in [-0.2, 0) is 20.2 Å². The maximum Gasteiger partial charge on any atom is 0.245 e. The Labute approximate surface area is 172 Å². The van der Waals surface area contributed by atoms with E-state index in [-0.39, 0.29) is 12.0 Å². The highest BCUT2D eigenvalue weighted by Crippen LogP contribution is 2.30. The van der Waals surface area contributed by atoms with Crippen molar-refractivity contribution in [1.82, 2.24) is 0 Å². The number of rotatable bonds is 7. The van der Waals surface area contributed by atoms with Gasteiger partial charge in [0.2, 0.25) is 15.9 Å². The molecule has 2 aromatic carbocycles. The molecule has 0 aliphatic heterocycles. The number of benzene rings is 2. The average molecular weight is 421 g/mol. The molecule has 0 radical (unpaired) electrons. The van der Waals surface area contributed by atoms with Crippen LogP contribution in [0.5, 0.6) is 11.5 Å². The van der Waals surface area contributed by atoms with Crippen molar-refractivity contribution in [3.63, 3.8) is 0 Å². The molecule has 8 heteroatoms. The molecule has 0 saturated heterocycles. The molecule has 158 valence electrons. The summed E-state index contributed by atoms with van der Waals surface area (Å²) in [6, 6.07) is 12.1. The van der Waals surface area contributed by atoms with Crippen LogP contribution >= 0.6 is 0 Å². The van der Waals surface area contributed by atoms with E-state index in [1.54, 1.807) is 30.3 Å². The van der Waals surface area contributed by atoms with Crippen molar-refractivity contribution in [2.24, 2.45) is 0 Å². The van der Waals surface area contributed by atoms with Crippen molar-refractivity contribution in [2.45, 2.75) is 26.2 Å². The average Bonchev–Trinajstić information content (AvgIpc) is 2.64. The van der Waals surface area contributed by atoms with E-state index in [1.807, 2.05) is 12.1 Å². The van der Waals surface area contributed by atoms with E-state index >= 15 is 0 Å². The Bertz CT molecular complexity index is 964. The monoisotopic (exact) mass is 420 g/mol. The number of carbonyl (C=O) groups is 1. The molecular weight excluding hydrogens is 392 g/mol. The Hall–Kier alpha value is -2.74.